The van der Waals surface area contributed by atoms with Crippen molar-refractivity contribution in [3.8, 4) is 5.69 Å². The van der Waals surface area contributed by atoms with Crippen LogP contribution in [0.1, 0.15) is 37.1 Å². The molecule has 2 aromatic carbocycles. The molecule has 0 aliphatic rings. The van der Waals surface area contributed by atoms with E-state index < -0.39 is 6.04 Å². The fourth-order valence-electron chi connectivity index (χ4n) is 2.84. The number of carbonyl (C=O) groups is 1. The molecule has 140 valence electrons. The molecule has 0 saturated heterocycles. The van der Waals surface area contributed by atoms with Gasteiger partial charge in [-0.05, 0) is 37.6 Å². The standard InChI is InChI=1S/C20H22FN5O/c1-14(18-6-4-5-7-19(18)21)24-20(27)25(3)15(2)16-8-10-17(11-9-16)26-13-22-12-23-26/h4-15H,1-3H3,(H,24,27)/t14-,15+/m0/s1. The van der Waals surface area contributed by atoms with Crippen LogP contribution in [0.2, 0.25) is 0 Å². The van der Waals surface area contributed by atoms with Crippen molar-refractivity contribution in [3.63, 3.8) is 0 Å². The average molecular weight is 367 g/mol. The summed E-state index contributed by atoms with van der Waals surface area (Å²) in [6.45, 7) is 3.71. The van der Waals surface area contributed by atoms with Gasteiger partial charge in [0.05, 0.1) is 17.8 Å². The molecule has 0 radical (unpaired) electrons. The maximum absolute atomic E-state index is 13.9. The predicted molar refractivity (Wildman–Crippen MR) is 101 cm³/mol. The number of carbonyl (C=O) groups excluding carboxylic acids is 1. The molecule has 6 nitrogen and oxygen atoms in total. The number of rotatable bonds is 5. The average Bonchev–Trinajstić information content (AvgIpc) is 3.22. The van der Waals surface area contributed by atoms with Crippen LogP contribution in [0.3, 0.4) is 0 Å². The number of hydrogen-bond acceptors (Lipinski definition) is 3. The lowest BCUT2D eigenvalue weighted by atomic mass is 10.1. The number of amides is 2. The quantitative estimate of drug-likeness (QED) is 0.745. The van der Waals surface area contributed by atoms with E-state index in [0.29, 0.717) is 5.56 Å². The van der Waals surface area contributed by atoms with E-state index in [1.54, 1.807) is 48.1 Å². The summed E-state index contributed by atoms with van der Waals surface area (Å²) < 4.78 is 15.6. The lowest BCUT2D eigenvalue weighted by Crippen LogP contribution is -2.40. The summed E-state index contributed by atoms with van der Waals surface area (Å²) in [5.74, 6) is -0.329. The Hall–Kier alpha value is -3.22. The van der Waals surface area contributed by atoms with Crippen LogP contribution in [0.5, 0.6) is 0 Å². The Morgan fingerprint density at radius 1 is 1.15 bits per heavy atom. The van der Waals surface area contributed by atoms with E-state index in [1.165, 1.54) is 12.4 Å². The summed E-state index contributed by atoms with van der Waals surface area (Å²) in [4.78, 5) is 18.1. The molecule has 0 fully saturated rings. The number of urea groups is 1. The van der Waals surface area contributed by atoms with Crippen LogP contribution in [0, 0.1) is 5.82 Å². The molecule has 1 N–H and O–H groups in total. The van der Waals surface area contributed by atoms with Crippen molar-refractivity contribution in [1.82, 2.24) is 25.0 Å². The zero-order chi connectivity index (χ0) is 19.4. The van der Waals surface area contributed by atoms with Crippen LogP contribution >= 0.6 is 0 Å². The number of nitrogens with one attached hydrogen (secondary N) is 1. The van der Waals surface area contributed by atoms with Crippen molar-refractivity contribution < 1.29 is 9.18 Å². The molecule has 0 aliphatic carbocycles. The second-order valence-electron chi connectivity index (χ2n) is 6.41. The minimum absolute atomic E-state index is 0.150. The molecule has 0 saturated carbocycles. The number of hydrogen-bond donors (Lipinski definition) is 1. The Morgan fingerprint density at radius 2 is 1.85 bits per heavy atom. The van der Waals surface area contributed by atoms with E-state index in [4.69, 9.17) is 0 Å². The number of aromatic nitrogens is 3. The van der Waals surface area contributed by atoms with Gasteiger partial charge in [0.2, 0.25) is 0 Å². The Morgan fingerprint density at radius 3 is 2.48 bits per heavy atom. The summed E-state index contributed by atoms with van der Waals surface area (Å²) in [6, 6.07) is 13.4. The molecule has 0 spiro atoms. The first kappa shape index (κ1) is 18.6. The summed E-state index contributed by atoms with van der Waals surface area (Å²) >= 11 is 0. The highest BCUT2D eigenvalue weighted by Crippen LogP contribution is 2.22. The topological polar surface area (TPSA) is 63.1 Å². The van der Waals surface area contributed by atoms with Gasteiger partial charge < -0.3 is 10.2 Å². The highest BCUT2D eigenvalue weighted by atomic mass is 19.1. The zero-order valence-corrected chi connectivity index (χ0v) is 15.5. The molecular weight excluding hydrogens is 345 g/mol. The molecule has 1 heterocycles. The predicted octanol–water partition coefficient (Wildman–Crippen LogP) is 3.87. The Balaban J connectivity index is 1.66. The van der Waals surface area contributed by atoms with Crippen molar-refractivity contribution in [3.05, 3.63) is 78.1 Å². The van der Waals surface area contributed by atoms with Crippen LogP contribution in [0.25, 0.3) is 5.69 Å². The maximum Gasteiger partial charge on any atom is 0.318 e. The van der Waals surface area contributed by atoms with Gasteiger partial charge in [0.25, 0.3) is 0 Å². The minimum atomic E-state index is -0.428. The number of nitrogens with zero attached hydrogens (tertiary/aromatic N) is 4. The minimum Gasteiger partial charge on any atom is -0.331 e. The molecule has 0 bridgehead atoms. The van der Waals surface area contributed by atoms with Gasteiger partial charge in [-0.2, -0.15) is 5.10 Å². The van der Waals surface area contributed by atoms with Crippen LogP contribution in [-0.2, 0) is 0 Å². The first-order valence-corrected chi connectivity index (χ1v) is 8.70. The van der Waals surface area contributed by atoms with Crippen LogP contribution in [0.4, 0.5) is 9.18 Å². The SMILES string of the molecule is C[C@H](NC(=O)N(C)[C@H](C)c1ccc(-n2cncn2)cc1)c1ccccc1F. The Bertz CT molecular complexity index is 895. The first-order valence-electron chi connectivity index (χ1n) is 8.70. The Labute approximate surface area is 157 Å². The van der Waals surface area contributed by atoms with E-state index in [-0.39, 0.29) is 17.9 Å². The van der Waals surface area contributed by atoms with E-state index in [0.717, 1.165) is 11.3 Å². The van der Waals surface area contributed by atoms with Crippen LogP contribution in [0.15, 0.2) is 61.2 Å². The van der Waals surface area contributed by atoms with Crippen molar-refractivity contribution in [2.24, 2.45) is 0 Å². The van der Waals surface area contributed by atoms with Gasteiger partial charge in [0, 0.05) is 12.6 Å². The lowest BCUT2D eigenvalue weighted by Gasteiger charge is -2.27. The van der Waals surface area contributed by atoms with E-state index in [9.17, 15) is 9.18 Å². The third-order valence-electron chi connectivity index (χ3n) is 4.67. The number of halogens is 1. The molecule has 0 unspecified atom stereocenters. The van der Waals surface area contributed by atoms with Crippen molar-refractivity contribution in [2.45, 2.75) is 25.9 Å². The first-order chi connectivity index (χ1) is 13.0. The van der Waals surface area contributed by atoms with Gasteiger partial charge in [-0.15, -0.1) is 0 Å². The van der Waals surface area contributed by atoms with E-state index >= 15 is 0 Å². The zero-order valence-electron chi connectivity index (χ0n) is 15.5. The van der Waals surface area contributed by atoms with Crippen LogP contribution < -0.4 is 5.32 Å². The second-order valence-corrected chi connectivity index (χ2v) is 6.41. The van der Waals surface area contributed by atoms with Gasteiger partial charge >= 0.3 is 6.03 Å². The summed E-state index contributed by atoms with van der Waals surface area (Å²) in [5.41, 5.74) is 2.34. The van der Waals surface area contributed by atoms with Gasteiger partial charge in [0.15, 0.2) is 0 Å². The van der Waals surface area contributed by atoms with Gasteiger partial charge in [-0.3, -0.25) is 0 Å². The van der Waals surface area contributed by atoms with Crippen molar-refractivity contribution in [1.29, 1.82) is 0 Å². The summed E-state index contributed by atoms with van der Waals surface area (Å²) in [6.07, 6.45) is 3.10. The molecule has 2 atom stereocenters. The Kier molecular flexibility index (Phi) is 5.49. The van der Waals surface area contributed by atoms with Crippen LogP contribution in [-0.4, -0.2) is 32.7 Å². The molecule has 2 amide bonds. The molecule has 1 aromatic heterocycles. The maximum atomic E-state index is 13.9. The van der Waals surface area contributed by atoms with E-state index in [2.05, 4.69) is 15.4 Å². The van der Waals surface area contributed by atoms with Gasteiger partial charge in [0.1, 0.15) is 18.5 Å². The lowest BCUT2D eigenvalue weighted by molar-refractivity contribution is 0.191. The normalized spacial score (nSPS) is 13.0. The largest absolute Gasteiger partial charge is 0.331 e. The van der Waals surface area contributed by atoms with Crippen molar-refractivity contribution in [2.75, 3.05) is 7.05 Å². The smallest absolute Gasteiger partial charge is 0.318 e. The molecule has 3 rings (SSSR count). The van der Waals surface area contributed by atoms with E-state index in [1.807, 2.05) is 31.2 Å². The fourth-order valence-corrected chi connectivity index (χ4v) is 2.84. The molecular formula is C20H22FN5O. The highest BCUT2D eigenvalue weighted by Gasteiger charge is 2.20. The molecule has 3 aromatic rings. The third kappa shape index (κ3) is 4.13. The molecule has 0 aliphatic heterocycles. The number of benzene rings is 2. The highest BCUT2D eigenvalue weighted by molar-refractivity contribution is 5.75. The summed E-state index contributed by atoms with van der Waals surface area (Å²) in [7, 11) is 1.72. The molecule has 7 heteroatoms. The monoisotopic (exact) mass is 367 g/mol. The van der Waals surface area contributed by atoms with Gasteiger partial charge in [-0.25, -0.2) is 18.9 Å². The summed E-state index contributed by atoms with van der Waals surface area (Å²) in [5, 5.41) is 6.94. The second kappa shape index (κ2) is 7.99. The molecule has 27 heavy (non-hydrogen) atoms. The third-order valence-corrected chi connectivity index (χ3v) is 4.67. The van der Waals surface area contributed by atoms with Gasteiger partial charge in [-0.1, -0.05) is 30.3 Å². The van der Waals surface area contributed by atoms with Crippen molar-refractivity contribution >= 4 is 6.03 Å². The fraction of sp³-hybridized carbons (Fsp3) is 0.250.